The largest absolute Gasteiger partial charge is 0.371 e. The number of hydrogen-bond acceptors (Lipinski definition) is 1. The van der Waals surface area contributed by atoms with Crippen molar-refractivity contribution in [1.82, 2.24) is 0 Å². The third-order valence-electron chi connectivity index (χ3n) is 2.65. The highest BCUT2D eigenvalue weighted by Crippen LogP contribution is 2.26. The van der Waals surface area contributed by atoms with Crippen molar-refractivity contribution < 1.29 is 0 Å². The van der Waals surface area contributed by atoms with Crippen LogP contribution in [0.4, 0.5) is 5.69 Å². The van der Waals surface area contributed by atoms with Gasteiger partial charge in [0.15, 0.2) is 0 Å². The Morgan fingerprint density at radius 1 is 1.21 bits per heavy atom. The number of anilines is 1. The van der Waals surface area contributed by atoms with Gasteiger partial charge in [-0.05, 0) is 30.5 Å². The van der Waals surface area contributed by atoms with Crippen molar-refractivity contribution in [3.05, 3.63) is 28.8 Å². The van der Waals surface area contributed by atoms with Crippen molar-refractivity contribution >= 4 is 28.9 Å². The van der Waals surface area contributed by atoms with Crippen molar-refractivity contribution in [3.8, 4) is 0 Å². The summed E-state index contributed by atoms with van der Waals surface area (Å²) in [5.41, 5.74) is 2.23. The molecule has 0 aromatic heterocycles. The highest BCUT2D eigenvalue weighted by Gasteiger charge is 2.12. The molecule has 0 spiro atoms. The van der Waals surface area contributed by atoms with Crippen molar-refractivity contribution in [2.24, 2.45) is 0 Å². The molecule has 3 heteroatoms. The quantitative estimate of drug-likeness (QED) is 0.700. The average Bonchev–Trinajstić information content (AvgIpc) is 2.70. The standard InChI is InChI=1S/C11H13Cl2N/c12-8-9-3-4-10(7-11(9)13)14-5-1-2-6-14/h3-4,7H,1-2,5-6,8H2. The fourth-order valence-electron chi connectivity index (χ4n) is 1.82. The zero-order chi connectivity index (χ0) is 9.97. The summed E-state index contributed by atoms with van der Waals surface area (Å²) in [6.45, 7) is 2.30. The Kier molecular flexibility index (Phi) is 3.19. The molecule has 0 amide bonds. The van der Waals surface area contributed by atoms with Crippen LogP contribution in [0.1, 0.15) is 18.4 Å². The molecule has 0 atom stereocenters. The lowest BCUT2D eigenvalue weighted by atomic mass is 10.2. The molecule has 1 aliphatic heterocycles. The van der Waals surface area contributed by atoms with Gasteiger partial charge >= 0.3 is 0 Å². The summed E-state index contributed by atoms with van der Waals surface area (Å²) >= 11 is 11.8. The first kappa shape index (κ1) is 10.1. The highest BCUT2D eigenvalue weighted by molar-refractivity contribution is 6.32. The Morgan fingerprint density at radius 3 is 2.50 bits per heavy atom. The van der Waals surface area contributed by atoms with Crippen molar-refractivity contribution in [2.75, 3.05) is 18.0 Å². The summed E-state index contributed by atoms with van der Waals surface area (Å²) in [4.78, 5) is 2.36. The van der Waals surface area contributed by atoms with E-state index in [2.05, 4.69) is 11.0 Å². The summed E-state index contributed by atoms with van der Waals surface area (Å²) in [5, 5.41) is 0.782. The summed E-state index contributed by atoms with van der Waals surface area (Å²) in [7, 11) is 0. The van der Waals surface area contributed by atoms with E-state index in [1.807, 2.05) is 12.1 Å². The minimum Gasteiger partial charge on any atom is -0.371 e. The second kappa shape index (κ2) is 4.41. The molecular weight excluding hydrogens is 217 g/mol. The maximum absolute atomic E-state index is 6.10. The van der Waals surface area contributed by atoms with Crippen molar-refractivity contribution in [1.29, 1.82) is 0 Å². The van der Waals surface area contributed by atoms with Gasteiger partial charge in [-0.15, -0.1) is 11.6 Å². The fourth-order valence-corrected chi connectivity index (χ4v) is 2.36. The van der Waals surface area contributed by atoms with Crippen LogP contribution in [0.15, 0.2) is 18.2 Å². The van der Waals surface area contributed by atoms with Crippen molar-refractivity contribution in [3.63, 3.8) is 0 Å². The Balaban J connectivity index is 2.23. The predicted molar refractivity (Wildman–Crippen MR) is 62.5 cm³/mol. The van der Waals surface area contributed by atoms with Gasteiger partial charge in [-0.2, -0.15) is 0 Å². The number of nitrogens with zero attached hydrogens (tertiary/aromatic N) is 1. The maximum Gasteiger partial charge on any atom is 0.0488 e. The lowest BCUT2D eigenvalue weighted by Gasteiger charge is -2.18. The van der Waals surface area contributed by atoms with Crippen LogP contribution in [0.3, 0.4) is 0 Å². The second-order valence-corrected chi connectivity index (χ2v) is 4.28. The zero-order valence-electron chi connectivity index (χ0n) is 7.97. The summed E-state index contributed by atoms with van der Waals surface area (Å²) in [6, 6.07) is 6.14. The minimum absolute atomic E-state index is 0.485. The number of benzene rings is 1. The number of rotatable bonds is 2. The molecule has 1 aromatic carbocycles. The van der Waals surface area contributed by atoms with Gasteiger partial charge in [0.2, 0.25) is 0 Å². The predicted octanol–water partition coefficient (Wildman–Crippen LogP) is 3.68. The van der Waals surface area contributed by atoms with Crippen LogP contribution in [-0.2, 0) is 5.88 Å². The van der Waals surface area contributed by atoms with Crippen LogP contribution >= 0.6 is 23.2 Å². The van der Waals surface area contributed by atoms with E-state index < -0.39 is 0 Å². The fraction of sp³-hybridized carbons (Fsp3) is 0.455. The maximum atomic E-state index is 6.10. The van der Waals surface area contributed by atoms with Gasteiger partial charge < -0.3 is 4.90 Å². The van der Waals surface area contributed by atoms with E-state index >= 15 is 0 Å². The molecule has 0 aliphatic carbocycles. The van der Waals surface area contributed by atoms with Gasteiger partial charge in [-0.1, -0.05) is 17.7 Å². The molecule has 0 bridgehead atoms. The van der Waals surface area contributed by atoms with Gasteiger partial charge in [0.05, 0.1) is 0 Å². The Bertz CT molecular complexity index is 319. The van der Waals surface area contributed by atoms with E-state index in [9.17, 15) is 0 Å². The van der Waals surface area contributed by atoms with E-state index in [1.165, 1.54) is 18.5 Å². The molecule has 1 fully saturated rings. The first-order valence-electron chi connectivity index (χ1n) is 4.90. The Morgan fingerprint density at radius 2 is 1.93 bits per heavy atom. The summed E-state index contributed by atoms with van der Waals surface area (Å²) in [6.07, 6.45) is 2.57. The van der Waals surface area contributed by atoms with Crippen molar-refractivity contribution in [2.45, 2.75) is 18.7 Å². The molecule has 1 nitrogen and oxygen atoms in total. The lowest BCUT2D eigenvalue weighted by molar-refractivity contribution is 0.949. The highest BCUT2D eigenvalue weighted by atomic mass is 35.5. The van der Waals surface area contributed by atoms with Crippen LogP contribution in [0.2, 0.25) is 5.02 Å². The van der Waals surface area contributed by atoms with E-state index in [0.29, 0.717) is 5.88 Å². The van der Waals surface area contributed by atoms with Gasteiger partial charge in [0.25, 0.3) is 0 Å². The zero-order valence-corrected chi connectivity index (χ0v) is 9.48. The lowest BCUT2D eigenvalue weighted by Crippen LogP contribution is -2.17. The van der Waals surface area contributed by atoms with Crippen LogP contribution in [-0.4, -0.2) is 13.1 Å². The molecule has 1 aromatic rings. The normalized spacial score (nSPS) is 16.3. The van der Waals surface area contributed by atoms with Crippen LogP contribution in [0.5, 0.6) is 0 Å². The smallest absolute Gasteiger partial charge is 0.0488 e. The number of alkyl halides is 1. The molecule has 1 heterocycles. The molecule has 2 rings (SSSR count). The van der Waals surface area contributed by atoms with E-state index in [1.54, 1.807) is 0 Å². The van der Waals surface area contributed by atoms with Gasteiger partial charge in [-0.3, -0.25) is 0 Å². The molecule has 14 heavy (non-hydrogen) atoms. The van der Waals surface area contributed by atoms with Crippen LogP contribution in [0.25, 0.3) is 0 Å². The molecule has 0 saturated carbocycles. The minimum atomic E-state index is 0.485. The molecular formula is C11H13Cl2N. The molecule has 0 N–H and O–H groups in total. The number of halogens is 2. The summed E-state index contributed by atoms with van der Waals surface area (Å²) in [5.74, 6) is 0.485. The van der Waals surface area contributed by atoms with Gasteiger partial charge in [0.1, 0.15) is 0 Å². The van der Waals surface area contributed by atoms with Gasteiger partial charge in [-0.25, -0.2) is 0 Å². The SMILES string of the molecule is ClCc1ccc(N2CCCC2)cc1Cl. The first-order valence-corrected chi connectivity index (χ1v) is 5.82. The third-order valence-corrected chi connectivity index (χ3v) is 3.29. The first-order chi connectivity index (χ1) is 6.81. The monoisotopic (exact) mass is 229 g/mol. The Labute approximate surface area is 94.6 Å². The molecule has 1 aliphatic rings. The molecule has 0 unspecified atom stereocenters. The number of hydrogen-bond donors (Lipinski definition) is 0. The summed E-state index contributed by atoms with van der Waals surface area (Å²) < 4.78 is 0. The molecule has 1 saturated heterocycles. The third kappa shape index (κ3) is 1.99. The average molecular weight is 230 g/mol. The molecule has 76 valence electrons. The van der Waals surface area contributed by atoms with Crippen LogP contribution < -0.4 is 4.90 Å². The van der Waals surface area contributed by atoms with E-state index in [0.717, 1.165) is 23.7 Å². The second-order valence-electron chi connectivity index (χ2n) is 3.60. The van der Waals surface area contributed by atoms with Gasteiger partial charge in [0, 0.05) is 29.7 Å². The molecule has 0 radical (unpaired) electrons. The topological polar surface area (TPSA) is 3.24 Å². The van der Waals surface area contributed by atoms with E-state index in [-0.39, 0.29) is 0 Å². The van der Waals surface area contributed by atoms with Crippen LogP contribution in [0, 0.1) is 0 Å². The Hall–Kier alpha value is -0.400. The van der Waals surface area contributed by atoms with E-state index in [4.69, 9.17) is 23.2 Å².